The summed E-state index contributed by atoms with van der Waals surface area (Å²) in [7, 11) is 1.79. The fourth-order valence-corrected chi connectivity index (χ4v) is 4.59. The van der Waals surface area contributed by atoms with Gasteiger partial charge in [-0.05, 0) is 60.3 Å². The van der Waals surface area contributed by atoms with E-state index in [1.54, 1.807) is 7.11 Å². The summed E-state index contributed by atoms with van der Waals surface area (Å²) in [6.07, 6.45) is 5.87. The number of fused-ring (bicyclic) bond motifs is 1. The monoisotopic (exact) mass is 310 g/mol. The standard InChI is InChI=1S/C17H30N2OS/c1-12(2)19-17(5,11-16(3,4)20-6)15-18-13-9-7-8-10-14(13)21-15/h12,19H,7-11H2,1-6H3. The van der Waals surface area contributed by atoms with Gasteiger partial charge in [-0.1, -0.05) is 0 Å². The molecule has 0 spiro atoms. The van der Waals surface area contributed by atoms with Crippen LogP contribution in [-0.2, 0) is 23.1 Å². The zero-order valence-electron chi connectivity index (χ0n) is 14.4. The maximum atomic E-state index is 5.68. The highest BCUT2D eigenvalue weighted by Crippen LogP contribution is 2.37. The van der Waals surface area contributed by atoms with Crippen molar-refractivity contribution in [2.24, 2.45) is 0 Å². The Labute approximate surface area is 133 Å². The number of aryl methyl sites for hydroxylation is 2. The van der Waals surface area contributed by atoms with Crippen LogP contribution in [-0.4, -0.2) is 23.7 Å². The van der Waals surface area contributed by atoms with E-state index in [-0.39, 0.29) is 11.1 Å². The number of hydrogen-bond acceptors (Lipinski definition) is 4. The van der Waals surface area contributed by atoms with Crippen LogP contribution in [0.25, 0.3) is 0 Å². The Morgan fingerprint density at radius 2 is 1.90 bits per heavy atom. The molecule has 0 amide bonds. The van der Waals surface area contributed by atoms with Crippen LogP contribution in [0.1, 0.15) is 69.5 Å². The molecule has 1 unspecified atom stereocenters. The second kappa shape index (κ2) is 6.35. The largest absolute Gasteiger partial charge is 0.379 e. The molecule has 1 aliphatic carbocycles. The highest BCUT2D eigenvalue weighted by Gasteiger charge is 2.37. The number of nitrogens with zero attached hydrogens (tertiary/aromatic N) is 1. The minimum Gasteiger partial charge on any atom is -0.379 e. The lowest BCUT2D eigenvalue weighted by molar-refractivity contribution is -0.00855. The number of ether oxygens (including phenoxy) is 1. The van der Waals surface area contributed by atoms with Crippen LogP contribution in [0.2, 0.25) is 0 Å². The van der Waals surface area contributed by atoms with Crippen molar-refractivity contribution in [3.63, 3.8) is 0 Å². The SMILES string of the molecule is COC(C)(C)CC(C)(NC(C)C)c1nc2c(s1)CCCC2. The van der Waals surface area contributed by atoms with Crippen LogP contribution in [0, 0.1) is 0 Å². The minimum atomic E-state index is -0.164. The number of methoxy groups -OCH3 is 1. The molecule has 21 heavy (non-hydrogen) atoms. The van der Waals surface area contributed by atoms with Gasteiger partial charge in [0.1, 0.15) is 5.01 Å². The van der Waals surface area contributed by atoms with Gasteiger partial charge in [-0.3, -0.25) is 0 Å². The molecule has 1 aliphatic rings. The van der Waals surface area contributed by atoms with E-state index in [9.17, 15) is 0 Å². The van der Waals surface area contributed by atoms with E-state index in [1.807, 2.05) is 11.3 Å². The Morgan fingerprint density at radius 3 is 2.48 bits per heavy atom. The Balaban J connectivity index is 2.32. The van der Waals surface area contributed by atoms with Crippen molar-refractivity contribution in [1.82, 2.24) is 10.3 Å². The van der Waals surface area contributed by atoms with E-state index < -0.39 is 0 Å². The van der Waals surface area contributed by atoms with Gasteiger partial charge in [-0.25, -0.2) is 4.98 Å². The maximum Gasteiger partial charge on any atom is 0.113 e. The molecular formula is C17H30N2OS. The summed E-state index contributed by atoms with van der Waals surface area (Å²) in [4.78, 5) is 6.50. The summed E-state index contributed by atoms with van der Waals surface area (Å²) < 4.78 is 5.68. The summed E-state index contributed by atoms with van der Waals surface area (Å²) in [6, 6.07) is 0.420. The van der Waals surface area contributed by atoms with E-state index in [4.69, 9.17) is 9.72 Å². The number of aromatic nitrogens is 1. The number of thiazole rings is 1. The van der Waals surface area contributed by atoms with Crippen molar-refractivity contribution in [3.05, 3.63) is 15.6 Å². The molecule has 0 bridgehead atoms. The molecule has 1 aromatic heterocycles. The lowest BCUT2D eigenvalue weighted by Crippen LogP contribution is -2.48. The lowest BCUT2D eigenvalue weighted by atomic mass is 9.87. The molecule has 0 aromatic carbocycles. The van der Waals surface area contributed by atoms with E-state index in [0.29, 0.717) is 6.04 Å². The molecule has 120 valence electrons. The molecular weight excluding hydrogens is 280 g/mol. The molecule has 0 aliphatic heterocycles. The summed E-state index contributed by atoms with van der Waals surface area (Å²) in [5, 5.41) is 4.97. The van der Waals surface area contributed by atoms with Crippen LogP contribution in [0.5, 0.6) is 0 Å². The molecule has 4 heteroatoms. The molecule has 0 saturated carbocycles. The van der Waals surface area contributed by atoms with Gasteiger partial charge in [0.25, 0.3) is 0 Å². The third-order valence-corrected chi connectivity index (χ3v) is 5.68. The van der Waals surface area contributed by atoms with Crippen LogP contribution in [0.4, 0.5) is 0 Å². The smallest absolute Gasteiger partial charge is 0.113 e. The van der Waals surface area contributed by atoms with Crippen molar-refractivity contribution in [2.75, 3.05) is 7.11 Å². The van der Waals surface area contributed by atoms with Crippen LogP contribution in [0.3, 0.4) is 0 Å². The second-order valence-corrected chi connectivity index (χ2v) is 8.45. The predicted octanol–water partition coefficient (Wildman–Crippen LogP) is 4.05. The van der Waals surface area contributed by atoms with Crippen molar-refractivity contribution >= 4 is 11.3 Å². The first-order chi connectivity index (χ1) is 9.76. The van der Waals surface area contributed by atoms with Gasteiger partial charge in [0.2, 0.25) is 0 Å². The van der Waals surface area contributed by atoms with Crippen molar-refractivity contribution in [3.8, 4) is 0 Å². The molecule has 0 radical (unpaired) electrons. The van der Waals surface area contributed by atoms with Crippen LogP contribution in [0.15, 0.2) is 0 Å². The topological polar surface area (TPSA) is 34.1 Å². The Bertz CT molecular complexity index is 458. The van der Waals surface area contributed by atoms with Gasteiger partial charge in [-0.2, -0.15) is 0 Å². The van der Waals surface area contributed by atoms with Gasteiger partial charge in [0.05, 0.1) is 16.8 Å². The van der Waals surface area contributed by atoms with Crippen LogP contribution < -0.4 is 5.32 Å². The highest BCUT2D eigenvalue weighted by atomic mass is 32.1. The molecule has 2 rings (SSSR count). The van der Waals surface area contributed by atoms with E-state index in [2.05, 4.69) is 39.9 Å². The molecule has 1 N–H and O–H groups in total. The van der Waals surface area contributed by atoms with Gasteiger partial charge in [-0.15, -0.1) is 11.3 Å². The zero-order chi connectivity index (χ0) is 15.7. The van der Waals surface area contributed by atoms with E-state index in [1.165, 1.54) is 34.8 Å². The van der Waals surface area contributed by atoms with Crippen molar-refractivity contribution in [2.45, 2.75) is 83.9 Å². The number of nitrogens with one attached hydrogen (secondary N) is 1. The first-order valence-electron chi connectivity index (χ1n) is 8.08. The van der Waals surface area contributed by atoms with Crippen molar-refractivity contribution in [1.29, 1.82) is 0 Å². The number of rotatable bonds is 6. The molecule has 0 fully saturated rings. The molecule has 1 aromatic rings. The second-order valence-electron chi connectivity index (χ2n) is 7.37. The maximum absolute atomic E-state index is 5.68. The number of hydrogen-bond donors (Lipinski definition) is 1. The Morgan fingerprint density at radius 1 is 1.24 bits per heavy atom. The summed E-state index contributed by atoms with van der Waals surface area (Å²) in [5.41, 5.74) is 1.05. The Hall–Kier alpha value is -0.450. The average molecular weight is 311 g/mol. The lowest BCUT2D eigenvalue weighted by Gasteiger charge is -2.37. The first-order valence-corrected chi connectivity index (χ1v) is 8.89. The van der Waals surface area contributed by atoms with Crippen LogP contribution >= 0.6 is 11.3 Å². The van der Waals surface area contributed by atoms with Gasteiger partial charge >= 0.3 is 0 Å². The van der Waals surface area contributed by atoms with E-state index >= 15 is 0 Å². The quantitative estimate of drug-likeness (QED) is 0.860. The fourth-order valence-electron chi connectivity index (χ4n) is 3.34. The fraction of sp³-hybridized carbons (Fsp3) is 0.824. The predicted molar refractivity (Wildman–Crippen MR) is 90.1 cm³/mol. The normalized spacial score (nSPS) is 18.6. The molecule has 3 nitrogen and oxygen atoms in total. The third kappa shape index (κ3) is 4.05. The highest BCUT2D eigenvalue weighted by molar-refractivity contribution is 7.11. The van der Waals surface area contributed by atoms with Crippen molar-refractivity contribution < 1.29 is 4.74 Å². The minimum absolute atomic E-state index is 0.129. The van der Waals surface area contributed by atoms with Gasteiger partial charge in [0, 0.05) is 24.4 Å². The molecule has 1 heterocycles. The third-order valence-electron chi connectivity index (χ3n) is 4.26. The van der Waals surface area contributed by atoms with E-state index in [0.717, 1.165) is 12.8 Å². The van der Waals surface area contributed by atoms with Gasteiger partial charge in [0.15, 0.2) is 0 Å². The Kier molecular flexibility index (Phi) is 5.11. The van der Waals surface area contributed by atoms with Gasteiger partial charge < -0.3 is 10.1 Å². The molecule has 0 saturated heterocycles. The summed E-state index contributed by atoms with van der Waals surface area (Å²) in [6.45, 7) is 11.0. The first kappa shape index (κ1) is 16.9. The summed E-state index contributed by atoms with van der Waals surface area (Å²) >= 11 is 1.91. The average Bonchev–Trinajstić information content (AvgIpc) is 2.81. The zero-order valence-corrected chi connectivity index (χ0v) is 15.2. The summed E-state index contributed by atoms with van der Waals surface area (Å²) in [5.74, 6) is 0. The molecule has 1 atom stereocenters.